The van der Waals surface area contributed by atoms with Gasteiger partial charge in [0, 0.05) is 19.1 Å². The molecule has 0 aliphatic rings. The predicted octanol–water partition coefficient (Wildman–Crippen LogP) is 21.1. The number of hydrogen-bond acceptors (Lipinski definition) is 2. The van der Waals surface area contributed by atoms with Crippen molar-refractivity contribution in [3.63, 3.8) is 0 Å². The molecule has 0 aromatic heterocycles. The first kappa shape index (κ1) is 57.2. The highest BCUT2D eigenvalue weighted by atomic mass is 14.8. The second-order valence-electron chi connectivity index (χ2n) is 19.2. The van der Waals surface area contributed by atoms with Crippen LogP contribution in [-0.4, -0.2) is 11.9 Å². The topological polar surface area (TPSA) is 24.7 Å². The molecule has 2 aromatic carbocycles. The second-order valence-corrected chi connectivity index (χ2v) is 19.2. The summed E-state index contributed by atoms with van der Waals surface area (Å²) in [4.78, 5) is 10.3. The molecule has 2 rings (SSSR count). The summed E-state index contributed by atoms with van der Waals surface area (Å²) in [5.41, 5.74) is 5.88. The molecule has 2 heteroatoms. The van der Waals surface area contributed by atoms with E-state index in [1.807, 2.05) is 6.21 Å². The summed E-state index contributed by atoms with van der Waals surface area (Å²) in [6.07, 6.45) is 61.6. The summed E-state index contributed by atoms with van der Waals surface area (Å²) >= 11 is 0. The van der Waals surface area contributed by atoms with E-state index in [4.69, 9.17) is 9.98 Å². The van der Waals surface area contributed by atoms with Gasteiger partial charge >= 0.3 is 0 Å². The van der Waals surface area contributed by atoms with Crippen LogP contribution in [-0.2, 0) is 12.8 Å². The molecule has 0 radical (unpaired) electrons. The number of nitrogens with zero attached hydrogens (tertiary/aromatic N) is 2. The quantitative estimate of drug-likeness (QED) is 0.0274. The minimum absolute atomic E-state index is 0.949. The first-order valence-corrected chi connectivity index (χ1v) is 28.2. The smallest absolute Gasteiger partial charge is 0.0665 e. The van der Waals surface area contributed by atoms with E-state index in [2.05, 4.69) is 93.3 Å². The Balaban J connectivity index is 1.59. The van der Waals surface area contributed by atoms with Gasteiger partial charge in [-0.25, -0.2) is 0 Å². The largest absolute Gasteiger partial charge is 0.255 e. The molecule has 0 saturated carbocycles. The maximum Gasteiger partial charge on any atom is 0.0665 e. The number of allylic oxidation sites excluding steroid dienone is 2. The average molecular weight is 876 g/mol. The minimum Gasteiger partial charge on any atom is -0.255 e. The Kier molecular flexibility index (Phi) is 40.4. The Morgan fingerprint density at radius 1 is 0.391 bits per heavy atom. The van der Waals surface area contributed by atoms with Crippen LogP contribution in [0.4, 0.5) is 11.4 Å². The van der Waals surface area contributed by atoms with Crippen molar-refractivity contribution in [1.82, 2.24) is 0 Å². The molecular formula is C62H102N2. The first-order valence-electron chi connectivity index (χ1n) is 28.2. The fourth-order valence-electron chi connectivity index (χ4n) is 8.90. The predicted molar refractivity (Wildman–Crippen MR) is 290 cm³/mol. The Morgan fingerprint density at radius 2 is 0.781 bits per heavy atom. The molecule has 2 nitrogen and oxygen atoms in total. The average Bonchev–Trinajstić information content (AvgIpc) is 3.31. The van der Waals surface area contributed by atoms with E-state index < -0.39 is 0 Å². The number of para-hydroxylation sites is 2. The summed E-state index contributed by atoms with van der Waals surface area (Å²) < 4.78 is 0. The Morgan fingerprint density at radius 3 is 1.28 bits per heavy atom. The standard InChI is InChI=1S/C62H102N2/c1-4-7-10-12-14-16-18-20-22-23-24-25-26-27-28-29-30-31-32-33-35-37-39-41-43-45-51-59-53-47-49-56-62(59)64-60(54-9-6-3)57-63-61-55-48-46-52-58(61)50-44-42-40-38-36-34-21-19-17-15-13-11-8-5-2/h41,43,46-49,52-53,55-57H,4-37,39,42,44-45,50-51,54H2,1-3H3. The van der Waals surface area contributed by atoms with E-state index in [9.17, 15) is 0 Å². The Labute approximate surface area is 399 Å². The lowest BCUT2D eigenvalue weighted by molar-refractivity contribution is 0.519. The molecule has 360 valence electrons. The zero-order valence-electron chi connectivity index (χ0n) is 42.7. The third-order valence-electron chi connectivity index (χ3n) is 13.1. The van der Waals surface area contributed by atoms with Crippen LogP contribution in [0.5, 0.6) is 0 Å². The van der Waals surface area contributed by atoms with Gasteiger partial charge in [0.2, 0.25) is 0 Å². The van der Waals surface area contributed by atoms with Crippen LogP contribution in [0.25, 0.3) is 0 Å². The maximum absolute atomic E-state index is 5.22. The summed E-state index contributed by atoms with van der Waals surface area (Å²) in [7, 11) is 0. The van der Waals surface area contributed by atoms with E-state index in [0.29, 0.717) is 0 Å². The molecule has 64 heavy (non-hydrogen) atoms. The first-order chi connectivity index (χ1) is 31.8. The summed E-state index contributed by atoms with van der Waals surface area (Å²) in [6.45, 7) is 6.85. The van der Waals surface area contributed by atoms with Crippen LogP contribution in [0.1, 0.15) is 282 Å². The number of hydrogen-bond donors (Lipinski definition) is 0. The van der Waals surface area contributed by atoms with Gasteiger partial charge in [-0.2, -0.15) is 0 Å². The lowest BCUT2D eigenvalue weighted by atomic mass is 10.0. The highest BCUT2D eigenvalue weighted by molar-refractivity contribution is 6.31. The molecule has 0 fully saturated rings. The van der Waals surface area contributed by atoms with Crippen molar-refractivity contribution in [1.29, 1.82) is 0 Å². The van der Waals surface area contributed by atoms with Crippen molar-refractivity contribution in [3.8, 4) is 11.8 Å². The molecular weight excluding hydrogens is 773 g/mol. The zero-order valence-corrected chi connectivity index (χ0v) is 42.7. The van der Waals surface area contributed by atoms with Crippen LogP contribution in [0.3, 0.4) is 0 Å². The van der Waals surface area contributed by atoms with Gasteiger partial charge in [-0.15, -0.1) is 11.8 Å². The van der Waals surface area contributed by atoms with Gasteiger partial charge in [0.05, 0.1) is 17.1 Å². The molecule has 0 N–H and O–H groups in total. The third kappa shape index (κ3) is 34.4. The molecule has 2 aromatic rings. The van der Waals surface area contributed by atoms with E-state index >= 15 is 0 Å². The van der Waals surface area contributed by atoms with Crippen molar-refractivity contribution >= 4 is 23.3 Å². The zero-order chi connectivity index (χ0) is 45.5. The van der Waals surface area contributed by atoms with E-state index in [1.54, 1.807) is 0 Å². The van der Waals surface area contributed by atoms with Crippen LogP contribution in [0, 0.1) is 11.8 Å². The van der Waals surface area contributed by atoms with Gasteiger partial charge in [-0.1, -0.05) is 262 Å². The minimum atomic E-state index is 0.949. The van der Waals surface area contributed by atoms with E-state index in [0.717, 1.165) is 74.9 Å². The molecule has 0 amide bonds. The molecule has 0 aliphatic heterocycles. The number of rotatable bonds is 44. The van der Waals surface area contributed by atoms with Crippen molar-refractivity contribution in [3.05, 3.63) is 71.8 Å². The van der Waals surface area contributed by atoms with Crippen LogP contribution >= 0.6 is 0 Å². The molecule has 0 bridgehead atoms. The van der Waals surface area contributed by atoms with E-state index in [-0.39, 0.29) is 0 Å². The Bertz CT molecular complexity index is 1470. The number of benzene rings is 2. The van der Waals surface area contributed by atoms with Crippen molar-refractivity contribution < 1.29 is 0 Å². The van der Waals surface area contributed by atoms with Gasteiger partial charge in [0.25, 0.3) is 0 Å². The summed E-state index contributed by atoms with van der Waals surface area (Å²) in [5.74, 6) is 6.89. The van der Waals surface area contributed by atoms with Gasteiger partial charge in [-0.05, 0) is 81.0 Å². The fraction of sp³-hybridized carbons (Fsp3) is 0.710. The maximum atomic E-state index is 5.22. The normalized spacial score (nSPS) is 11.9. The monoisotopic (exact) mass is 875 g/mol. The fourth-order valence-corrected chi connectivity index (χ4v) is 8.90. The highest BCUT2D eigenvalue weighted by Gasteiger charge is 2.05. The second kappa shape index (κ2) is 45.2. The number of unbranched alkanes of at least 4 members (excludes halogenated alkanes) is 33. The summed E-state index contributed by atoms with van der Waals surface area (Å²) in [6, 6.07) is 17.4. The molecule has 0 aliphatic carbocycles. The van der Waals surface area contributed by atoms with Gasteiger partial charge in [0.1, 0.15) is 0 Å². The van der Waals surface area contributed by atoms with Gasteiger partial charge in [0.15, 0.2) is 0 Å². The lowest BCUT2D eigenvalue weighted by Crippen LogP contribution is -2.00. The summed E-state index contributed by atoms with van der Waals surface area (Å²) in [5, 5.41) is 0. The van der Waals surface area contributed by atoms with Gasteiger partial charge in [-0.3, -0.25) is 9.98 Å². The highest BCUT2D eigenvalue weighted by Crippen LogP contribution is 2.24. The van der Waals surface area contributed by atoms with Crippen LogP contribution in [0.15, 0.2) is 70.7 Å². The molecule has 0 heterocycles. The molecule has 0 atom stereocenters. The number of aryl methyl sites for hydroxylation is 2. The van der Waals surface area contributed by atoms with Crippen molar-refractivity contribution in [2.75, 3.05) is 0 Å². The van der Waals surface area contributed by atoms with E-state index in [1.165, 1.54) is 217 Å². The van der Waals surface area contributed by atoms with Crippen molar-refractivity contribution in [2.45, 2.75) is 284 Å². The molecule has 0 spiro atoms. The van der Waals surface area contributed by atoms with Crippen molar-refractivity contribution in [2.24, 2.45) is 9.98 Å². The third-order valence-corrected chi connectivity index (χ3v) is 13.1. The van der Waals surface area contributed by atoms with Crippen LogP contribution in [0.2, 0.25) is 0 Å². The SMILES string of the molecule is CCCCCCCCCCCC#CCCCc1ccccc1N=CC(CCCC)=Nc1ccccc1CCC=CCCCCCCCCCCCCCCCCCCCCCCCC. The molecule has 0 saturated heterocycles. The number of aliphatic imine (C=N–C) groups is 2. The lowest BCUT2D eigenvalue weighted by Gasteiger charge is -2.08. The Hall–Kier alpha value is -2.92. The van der Waals surface area contributed by atoms with Crippen LogP contribution < -0.4 is 0 Å². The van der Waals surface area contributed by atoms with Gasteiger partial charge < -0.3 is 0 Å². The molecule has 0 unspecified atom stereocenters.